The van der Waals surface area contributed by atoms with Crippen molar-refractivity contribution in [1.29, 1.82) is 0 Å². The van der Waals surface area contributed by atoms with Gasteiger partial charge in [0, 0.05) is 13.7 Å². The topological polar surface area (TPSA) is 29.5 Å². The number of ether oxygens (including phenoxy) is 1. The van der Waals surface area contributed by atoms with Crippen molar-refractivity contribution >= 4 is 0 Å². The van der Waals surface area contributed by atoms with E-state index < -0.39 is 0 Å². The van der Waals surface area contributed by atoms with Gasteiger partial charge in [-0.2, -0.15) is 0 Å². The van der Waals surface area contributed by atoms with Crippen LogP contribution in [0.2, 0.25) is 0 Å². The molecule has 0 aromatic heterocycles. The van der Waals surface area contributed by atoms with Crippen molar-refractivity contribution in [2.24, 2.45) is 35.0 Å². The summed E-state index contributed by atoms with van der Waals surface area (Å²) in [7, 11) is 1.84. The lowest BCUT2D eigenvalue weighted by molar-refractivity contribution is 0.0263. The summed E-state index contributed by atoms with van der Waals surface area (Å²) in [6.45, 7) is 3.51. The minimum Gasteiger partial charge on any atom is -0.393 e. The van der Waals surface area contributed by atoms with Gasteiger partial charge < -0.3 is 9.84 Å². The second kappa shape index (κ2) is 6.19. The molecular weight excluding hydrogens is 284 g/mol. The Morgan fingerprint density at radius 2 is 1.96 bits per heavy atom. The predicted octanol–water partition coefficient (Wildman–Crippen LogP) is 4.57. The third-order valence-electron chi connectivity index (χ3n) is 8.20. The zero-order valence-electron chi connectivity index (χ0n) is 15.0. The molecule has 130 valence electrons. The van der Waals surface area contributed by atoms with Crippen LogP contribution < -0.4 is 0 Å². The SMILES string of the molecule is COCC[C@H]1CC[C@H]2[C@@H]3CCC4CC(O)CC[C@@H]4C3=CC[C@]12C. The van der Waals surface area contributed by atoms with Gasteiger partial charge in [-0.15, -0.1) is 0 Å². The zero-order chi connectivity index (χ0) is 16.0. The molecule has 0 aliphatic heterocycles. The van der Waals surface area contributed by atoms with E-state index in [2.05, 4.69) is 13.0 Å². The minimum absolute atomic E-state index is 0.0211. The molecule has 0 amide bonds. The quantitative estimate of drug-likeness (QED) is 0.772. The number of rotatable bonds is 3. The van der Waals surface area contributed by atoms with Gasteiger partial charge in [0.25, 0.3) is 0 Å². The molecule has 0 saturated heterocycles. The molecule has 4 rings (SSSR count). The fourth-order valence-corrected chi connectivity index (χ4v) is 6.96. The maximum atomic E-state index is 10.0. The lowest BCUT2D eigenvalue weighted by Gasteiger charge is -2.52. The summed E-state index contributed by atoms with van der Waals surface area (Å²) in [5, 5.41) is 10.0. The number of hydrogen-bond acceptors (Lipinski definition) is 2. The summed E-state index contributed by atoms with van der Waals surface area (Å²) in [6, 6.07) is 0. The summed E-state index contributed by atoms with van der Waals surface area (Å²) in [5.74, 6) is 4.21. The highest BCUT2D eigenvalue weighted by molar-refractivity contribution is 5.24. The van der Waals surface area contributed by atoms with E-state index in [0.29, 0.717) is 5.41 Å². The first-order valence-electron chi connectivity index (χ1n) is 10.0. The molecule has 0 bridgehead atoms. The Morgan fingerprint density at radius 3 is 2.78 bits per heavy atom. The van der Waals surface area contributed by atoms with Crippen LogP contribution in [0.25, 0.3) is 0 Å². The number of allylic oxidation sites excluding steroid dienone is 2. The highest BCUT2D eigenvalue weighted by Crippen LogP contribution is 2.62. The van der Waals surface area contributed by atoms with Gasteiger partial charge in [0.15, 0.2) is 0 Å². The maximum absolute atomic E-state index is 10.0. The normalized spacial score (nSPS) is 49.1. The monoisotopic (exact) mass is 318 g/mol. The molecule has 0 aromatic carbocycles. The van der Waals surface area contributed by atoms with Crippen molar-refractivity contribution in [2.75, 3.05) is 13.7 Å². The number of aliphatic hydroxyl groups excluding tert-OH is 1. The van der Waals surface area contributed by atoms with Crippen molar-refractivity contribution < 1.29 is 9.84 Å². The van der Waals surface area contributed by atoms with E-state index in [1.165, 1.54) is 44.9 Å². The Labute approximate surface area is 141 Å². The van der Waals surface area contributed by atoms with E-state index in [-0.39, 0.29) is 6.10 Å². The summed E-state index contributed by atoms with van der Waals surface area (Å²) in [4.78, 5) is 0. The van der Waals surface area contributed by atoms with Crippen LogP contribution >= 0.6 is 0 Å². The predicted molar refractivity (Wildman–Crippen MR) is 93.1 cm³/mol. The van der Waals surface area contributed by atoms with Crippen LogP contribution in [0.15, 0.2) is 11.6 Å². The molecule has 4 aliphatic carbocycles. The van der Waals surface area contributed by atoms with Crippen molar-refractivity contribution in [2.45, 2.75) is 70.8 Å². The second-order valence-electron chi connectivity index (χ2n) is 9.09. The van der Waals surface area contributed by atoms with Crippen LogP contribution in [-0.2, 0) is 4.74 Å². The molecule has 1 N–H and O–H groups in total. The van der Waals surface area contributed by atoms with Gasteiger partial charge in [-0.3, -0.25) is 0 Å². The number of methoxy groups -OCH3 is 1. The molecule has 4 aliphatic rings. The Bertz CT molecular complexity index is 470. The summed E-state index contributed by atoms with van der Waals surface area (Å²) >= 11 is 0. The molecule has 3 fully saturated rings. The zero-order valence-corrected chi connectivity index (χ0v) is 15.0. The largest absolute Gasteiger partial charge is 0.393 e. The van der Waals surface area contributed by atoms with Crippen LogP contribution in [0.5, 0.6) is 0 Å². The first kappa shape index (κ1) is 16.1. The molecule has 3 saturated carbocycles. The molecule has 23 heavy (non-hydrogen) atoms. The number of fused-ring (bicyclic) bond motifs is 5. The van der Waals surface area contributed by atoms with Crippen LogP contribution in [0.4, 0.5) is 0 Å². The van der Waals surface area contributed by atoms with E-state index in [0.717, 1.165) is 49.0 Å². The highest BCUT2D eigenvalue weighted by Gasteiger charge is 2.53. The third-order valence-corrected chi connectivity index (χ3v) is 8.20. The van der Waals surface area contributed by atoms with E-state index in [9.17, 15) is 5.11 Å². The first-order chi connectivity index (χ1) is 11.1. The molecule has 7 atom stereocenters. The number of aliphatic hydroxyl groups is 1. The van der Waals surface area contributed by atoms with Gasteiger partial charge in [0.2, 0.25) is 0 Å². The van der Waals surface area contributed by atoms with E-state index in [1.807, 2.05) is 12.7 Å². The summed E-state index contributed by atoms with van der Waals surface area (Å²) in [5.41, 5.74) is 2.34. The molecule has 0 spiro atoms. The van der Waals surface area contributed by atoms with Gasteiger partial charge in [-0.05, 0) is 92.8 Å². The van der Waals surface area contributed by atoms with E-state index in [1.54, 1.807) is 0 Å². The van der Waals surface area contributed by atoms with Crippen LogP contribution in [0.3, 0.4) is 0 Å². The van der Waals surface area contributed by atoms with Gasteiger partial charge >= 0.3 is 0 Å². The third kappa shape index (κ3) is 2.61. The lowest BCUT2D eigenvalue weighted by Crippen LogP contribution is -2.43. The minimum atomic E-state index is -0.0211. The van der Waals surface area contributed by atoms with E-state index in [4.69, 9.17) is 4.74 Å². The molecule has 2 nitrogen and oxygen atoms in total. The van der Waals surface area contributed by atoms with Crippen molar-refractivity contribution in [1.82, 2.24) is 0 Å². The van der Waals surface area contributed by atoms with Crippen LogP contribution in [0.1, 0.15) is 64.7 Å². The second-order valence-corrected chi connectivity index (χ2v) is 9.09. The van der Waals surface area contributed by atoms with Gasteiger partial charge in [0.1, 0.15) is 0 Å². The fraction of sp³-hybridized carbons (Fsp3) is 0.905. The van der Waals surface area contributed by atoms with Crippen LogP contribution in [-0.4, -0.2) is 24.9 Å². The summed E-state index contributed by atoms with van der Waals surface area (Å²) in [6.07, 6.45) is 14.1. The Kier molecular flexibility index (Phi) is 4.34. The number of hydrogen-bond donors (Lipinski definition) is 1. The van der Waals surface area contributed by atoms with Gasteiger partial charge in [-0.25, -0.2) is 0 Å². The Morgan fingerprint density at radius 1 is 1.13 bits per heavy atom. The Balaban J connectivity index is 1.55. The standard InChI is InChI=1S/C21H34O2/c1-21-11-9-18-17-7-5-16(22)13-14(17)3-6-19(18)20(21)8-4-15(21)10-12-23-2/h9,14-17,19-20,22H,3-8,10-13H2,1-2H3/t14?,15-,16?,17+,19-,20+,21-/m1/s1. The van der Waals surface area contributed by atoms with E-state index >= 15 is 0 Å². The van der Waals surface area contributed by atoms with Crippen molar-refractivity contribution in [3.8, 4) is 0 Å². The van der Waals surface area contributed by atoms with Crippen LogP contribution in [0, 0.1) is 35.0 Å². The van der Waals surface area contributed by atoms with Crippen molar-refractivity contribution in [3.63, 3.8) is 0 Å². The molecule has 0 heterocycles. The highest BCUT2D eigenvalue weighted by atomic mass is 16.5. The maximum Gasteiger partial charge on any atom is 0.0543 e. The molecule has 0 radical (unpaired) electrons. The Hall–Kier alpha value is -0.340. The molecule has 2 heteroatoms. The average molecular weight is 319 g/mol. The first-order valence-corrected chi connectivity index (χ1v) is 10.0. The fourth-order valence-electron chi connectivity index (χ4n) is 6.96. The molecule has 2 unspecified atom stereocenters. The summed E-state index contributed by atoms with van der Waals surface area (Å²) < 4.78 is 5.38. The lowest BCUT2D eigenvalue weighted by atomic mass is 9.53. The molecule has 0 aromatic rings. The van der Waals surface area contributed by atoms with Gasteiger partial charge in [-0.1, -0.05) is 18.6 Å². The average Bonchev–Trinajstić information content (AvgIpc) is 2.89. The smallest absolute Gasteiger partial charge is 0.0543 e. The van der Waals surface area contributed by atoms with Gasteiger partial charge in [0.05, 0.1) is 6.10 Å². The molecular formula is C21H34O2. The van der Waals surface area contributed by atoms with Crippen molar-refractivity contribution in [3.05, 3.63) is 11.6 Å².